The third-order valence-electron chi connectivity index (χ3n) is 3.66. The van der Waals surface area contributed by atoms with Crippen LogP contribution in [0, 0.1) is 30.3 Å². The fourth-order valence-electron chi connectivity index (χ4n) is 2.35. The summed E-state index contributed by atoms with van der Waals surface area (Å²) in [6, 6.07) is 8.33. The Morgan fingerprint density at radius 2 is 1.52 bits per heavy atom. The molecule has 0 unspecified atom stereocenters. The van der Waals surface area contributed by atoms with Gasteiger partial charge in [-0.15, -0.1) is 11.3 Å². The van der Waals surface area contributed by atoms with E-state index in [0.29, 0.717) is 11.3 Å². The minimum absolute atomic E-state index is 0.116. The SMILES string of the molecule is O=C(Nc1nc(-c2cccc([N+](=O)[O-])c2)cs1)c1cc([N+](=O)[O-])cc([N+](=O)[O-])c1. The largest absolute Gasteiger partial charge is 0.298 e. The van der Waals surface area contributed by atoms with Crippen LogP contribution in [0.1, 0.15) is 10.4 Å². The predicted molar refractivity (Wildman–Crippen MR) is 102 cm³/mol. The Balaban J connectivity index is 1.86. The summed E-state index contributed by atoms with van der Waals surface area (Å²) in [7, 11) is 0. The van der Waals surface area contributed by atoms with Crippen LogP contribution in [-0.2, 0) is 0 Å². The number of amides is 1. The molecule has 0 atom stereocenters. The van der Waals surface area contributed by atoms with Crippen LogP contribution in [0.4, 0.5) is 22.2 Å². The summed E-state index contributed by atoms with van der Waals surface area (Å²) < 4.78 is 0. The zero-order valence-electron chi connectivity index (χ0n) is 14.2. The van der Waals surface area contributed by atoms with Crippen LogP contribution >= 0.6 is 11.3 Å². The lowest BCUT2D eigenvalue weighted by Gasteiger charge is -2.02. The van der Waals surface area contributed by atoms with Crippen molar-refractivity contribution in [2.24, 2.45) is 0 Å². The van der Waals surface area contributed by atoms with E-state index >= 15 is 0 Å². The number of nitrogens with zero attached hydrogens (tertiary/aromatic N) is 4. The highest BCUT2D eigenvalue weighted by Gasteiger charge is 2.20. The molecule has 0 saturated heterocycles. The van der Waals surface area contributed by atoms with Crippen LogP contribution in [0.5, 0.6) is 0 Å². The lowest BCUT2D eigenvalue weighted by atomic mass is 10.1. The molecule has 12 nitrogen and oxygen atoms in total. The molecule has 3 aromatic rings. The van der Waals surface area contributed by atoms with E-state index in [2.05, 4.69) is 10.3 Å². The van der Waals surface area contributed by atoms with E-state index < -0.39 is 32.1 Å². The van der Waals surface area contributed by atoms with Gasteiger partial charge in [-0.3, -0.25) is 40.5 Å². The monoisotopic (exact) mass is 415 g/mol. The zero-order chi connectivity index (χ0) is 21.1. The molecule has 2 aromatic carbocycles. The molecule has 1 amide bonds. The number of nitrogens with one attached hydrogen (secondary N) is 1. The second-order valence-electron chi connectivity index (χ2n) is 5.55. The number of hydrogen-bond acceptors (Lipinski definition) is 9. The van der Waals surface area contributed by atoms with Crippen molar-refractivity contribution in [3.05, 3.63) is 83.8 Å². The number of aromatic nitrogens is 1. The van der Waals surface area contributed by atoms with Gasteiger partial charge in [-0.05, 0) is 0 Å². The van der Waals surface area contributed by atoms with Gasteiger partial charge in [-0.1, -0.05) is 12.1 Å². The number of rotatable bonds is 6. The molecular formula is C16H9N5O7S. The van der Waals surface area contributed by atoms with Crippen LogP contribution in [0.15, 0.2) is 47.8 Å². The number of hydrogen-bond donors (Lipinski definition) is 1. The molecule has 0 saturated carbocycles. The second-order valence-corrected chi connectivity index (χ2v) is 6.41. The van der Waals surface area contributed by atoms with E-state index in [0.717, 1.165) is 29.5 Å². The lowest BCUT2D eigenvalue weighted by Crippen LogP contribution is -2.12. The van der Waals surface area contributed by atoms with Crippen molar-refractivity contribution in [1.82, 2.24) is 4.98 Å². The minimum Gasteiger partial charge on any atom is -0.298 e. The van der Waals surface area contributed by atoms with E-state index in [-0.39, 0.29) is 16.4 Å². The molecule has 0 radical (unpaired) electrons. The third-order valence-corrected chi connectivity index (χ3v) is 4.42. The van der Waals surface area contributed by atoms with Gasteiger partial charge in [0.15, 0.2) is 5.13 Å². The Morgan fingerprint density at radius 3 is 2.10 bits per heavy atom. The number of carbonyl (C=O) groups is 1. The Morgan fingerprint density at radius 1 is 0.897 bits per heavy atom. The third kappa shape index (κ3) is 4.36. The quantitative estimate of drug-likeness (QED) is 0.468. The number of thiazole rings is 1. The normalized spacial score (nSPS) is 10.3. The summed E-state index contributed by atoms with van der Waals surface area (Å²) in [5, 5.41) is 36.8. The highest BCUT2D eigenvalue weighted by atomic mass is 32.1. The summed E-state index contributed by atoms with van der Waals surface area (Å²) >= 11 is 1.02. The first-order valence-corrected chi connectivity index (χ1v) is 8.58. The lowest BCUT2D eigenvalue weighted by molar-refractivity contribution is -0.394. The van der Waals surface area contributed by atoms with E-state index in [1.165, 1.54) is 18.2 Å². The van der Waals surface area contributed by atoms with E-state index in [1.807, 2.05) is 0 Å². The number of nitro benzene ring substituents is 3. The highest BCUT2D eigenvalue weighted by molar-refractivity contribution is 7.14. The number of carbonyl (C=O) groups excluding carboxylic acids is 1. The van der Waals surface area contributed by atoms with Crippen molar-refractivity contribution < 1.29 is 19.6 Å². The molecule has 1 aromatic heterocycles. The van der Waals surface area contributed by atoms with E-state index in [9.17, 15) is 35.1 Å². The smallest absolute Gasteiger partial charge is 0.277 e. The molecule has 0 aliphatic carbocycles. The van der Waals surface area contributed by atoms with Crippen molar-refractivity contribution in [1.29, 1.82) is 0 Å². The first-order valence-electron chi connectivity index (χ1n) is 7.70. The van der Waals surface area contributed by atoms with Crippen LogP contribution in [0.3, 0.4) is 0 Å². The molecule has 1 heterocycles. The molecule has 0 spiro atoms. The standard InChI is InChI=1S/C16H9N5O7S/c22-15(10-5-12(20(25)26)7-13(6-10)21(27)28)18-16-17-14(8-29-16)9-2-1-3-11(4-9)19(23)24/h1-8H,(H,17,18,22). The molecule has 0 aliphatic heterocycles. The van der Waals surface area contributed by atoms with Crippen molar-refractivity contribution in [3.8, 4) is 11.3 Å². The number of anilines is 1. The van der Waals surface area contributed by atoms with Gasteiger partial charge >= 0.3 is 0 Å². The van der Waals surface area contributed by atoms with Gasteiger partial charge in [0.25, 0.3) is 23.0 Å². The molecule has 0 bridgehead atoms. The maximum Gasteiger partial charge on any atom is 0.277 e. The fourth-order valence-corrected chi connectivity index (χ4v) is 3.06. The van der Waals surface area contributed by atoms with Gasteiger partial charge in [-0.25, -0.2) is 4.98 Å². The van der Waals surface area contributed by atoms with Gasteiger partial charge < -0.3 is 0 Å². The topological polar surface area (TPSA) is 171 Å². The number of benzene rings is 2. The zero-order valence-corrected chi connectivity index (χ0v) is 15.0. The summed E-state index contributed by atoms with van der Waals surface area (Å²) in [5.41, 5.74) is -0.759. The Hall–Kier alpha value is -4.26. The van der Waals surface area contributed by atoms with Crippen molar-refractivity contribution in [2.75, 3.05) is 5.32 Å². The Labute approximate surface area is 164 Å². The van der Waals surface area contributed by atoms with Gasteiger partial charge in [0.2, 0.25) is 0 Å². The molecule has 29 heavy (non-hydrogen) atoms. The van der Waals surface area contributed by atoms with Crippen molar-refractivity contribution >= 4 is 39.4 Å². The average molecular weight is 415 g/mol. The van der Waals surface area contributed by atoms with Crippen LogP contribution in [-0.4, -0.2) is 25.7 Å². The number of nitro groups is 3. The molecule has 13 heteroatoms. The van der Waals surface area contributed by atoms with Crippen LogP contribution in [0.25, 0.3) is 11.3 Å². The van der Waals surface area contributed by atoms with Crippen molar-refractivity contribution in [3.63, 3.8) is 0 Å². The van der Waals surface area contributed by atoms with Crippen LogP contribution in [0.2, 0.25) is 0 Å². The molecule has 0 aliphatic rings. The molecule has 0 fully saturated rings. The van der Waals surface area contributed by atoms with Crippen molar-refractivity contribution in [2.45, 2.75) is 0 Å². The maximum absolute atomic E-state index is 12.4. The molecule has 3 rings (SSSR count). The van der Waals surface area contributed by atoms with Gasteiger partial charge in [0.05, 0.1) is 32.1 Å². The molecule has 1 N–H and O–H groups in total. The Bertz CT molecular complexity index is 1130. The molecular weight excluding hydrogens is 406 g/mol. The van der Waals surface area contributed by atoms with E-state index in [1.54, 1.807) is 11.4 Å². The minimum atomic E-state index is -0.840. The number of non-ortho nitro benzene ring substituents is 3. The highest BCUT2D eigenvalue weighted by Crippen LogP contribution is 2.28. The summed E-state index contributed by atoms with van der Waals surface area (Å²) in [6.07, 6.45) is 0. The summed E-state index contributed by atoms with van der Waals surface area (Å²) in [5.74, 6) is -0.822. The van der Waals surface area contributed by atoms with Gasteiger partial charge in [0.1, 0.15) is 0 Å². The van der Waals surface area contributed by atoms with Gasteiger partial charge in [-0.2, -0.15) is 0 Å². The predicted octanol–water partition coefficient (Wildman–Crippen LogP) is 3.79. The van der Waals surface area contributed by atoms with Gasteiger partial charge in [0, 0.05) is 35.2 Å². The average Bonchev–Trinajstić information content (AvgIpc) is 3.16. The summed E-state index contributed by atoms with van der Waals surface area (Å²) in [6.45, 7) is 0. The maximum atomic E-state index is 12.4. The molecule has 146 valence electrons. The van der Waals surface area contributed by atoms with Crippen LogP contribution < -0.4 is 5.32 Å². The fraction of sp³-hybridized carbons (Fsp3) is 0. The first kappa shape index (κ1) is 19.5. The Kier molecular flexibility index (Phi) is 5.23. The summed E-state index contributed by atoms with van der Waals surface area (Å²) in [4.78, 5) is 47.1. The first-order chi connectivity index (χ1) is 13.7. The van der Waals surface area contributed by atoms with E-state index in [4.69, 9.17) is 0 Å². The second kappa shape index (κ2) is 7.77.